The molecule has 0 spiro atoms. The van der Waals surface area contributed by atoms with Crippen LogP contribution in [0.2, 0.25) is 10.0 Å². The molecule has 1 amide bonds. The molecule has 1 heterocycles. The monoisotopic (exact) mass is 415 g/mol. The molecule has 0 fully saturated rings. The minimum Gasteiger partial charge on any atom is -0.366 e. The maximum atomic E-state index is 13.6. The smallest absolute Gasteiger partial charge is 0.248 e. The average molecular weight is 416 g/mol. The first-order chi connectivity index (χ1) is 13.5. The normalized spacial score (nSPS) is 10.8. The summed E-state index contributed by atoms with van der Waals surface area (Å²) in [4.78, 5) is 16.3. The van der Waals surface area contributed by atoms with E-state index in [1.165, 1.54) is 18.3 Å². The van der Waals surface area contributed by atoms with Crippen LogP contribution in [-0.2, 0) is 11.3 Å². The standard InChI is InChI=1S/C21H16Cl2FN3O/c22-16-7-5-14(18(23)11-16)6-10-21(28)27-17-8-9-20(26-13-17)25-12-15-3-1-2-4-19(15)24/h1-11,13H,12H2,(H,25,26)(H,27,28)/b10-6+. The van der Waals surface area contributed by atoms with Gasteiger partial charge in [-0.3, -0.25) is 4.79 Å². The minimum atomic E-state index is -0.320. The van der Waals surface area contributed by atoms with Crippen LogP contribution in [0.25, 0.3) is 6.08 Å². The van der Waals surface area contributed by atoms with E-state index in [0.717, 1.165) is 0 Å². The van der Waals surface area contributed by atoms with E-state index in [-0.39, 0.29) is 11.7 Å². The number of carbonyl (C=O) groups excluding carboxylic acids is 1. The second kappa shape index (κ2) is 9.35. The molecule has 0 unspecified atom stereocenters. The Hall–Kier alpha value is -2.89. The van der Waals surface area contributed by atoms with E-state index in [0.29, 0.717) is 39.2 Å². The summed E-state index contributed by atoms with van der Waals surface area (Å²) in [5.41, 5.74) is 1.77. The maximum absolute atomic E-state index is 13.6. The highest BCUT2D eigenvalue weighted by molar-refractivity contribution is 6.35. The van der Waals surface area contributed by atoms with Crippen LogP contribution in [0.3, 0.4) is 0 Å². The van der Waals surface area contributed by atoms with Crippen molar-refractivity contribution in [1.29, 1.82) is 0 Å². The molecule has 2 N–H and O–H groups in total. The summed E-state index contributed by atoms with van der Waals surface area (Å²) in [5.74, 6) is -0.0175. The Kier molecular flexibility index (Phi) is 6.63. The highest BCUT2D eigenvalue weighted by Gasteiger charge is 2.03. The average Bonchev–Trinajstić information content (AvgIpc) is 2.68. The lowest BCUT2D eigenvalue weighted by atomic mass is 10.2. The highest BCUT2D eigenvalue weighted by atomic mass is 35.5. The van der Waals surface area contributed by atoms with Gasteiger partial charge in [-0.05, 0) is 42.0 Å². The minimum absolute atomic E-state index is 0.272. The number of hydrogen-bond donors (Lipinski definition) is 2. The Morgan fingerprint density at radius 1 is 1.11 bits per heavy atom. The summed E-state index contributed by atoms with van der Waals surface area (Å²) in [5, 5.41) is 6.74. The molecule has 0 aliphatic carbocycles. The zero-order valence-corrected chi connectivity index (χ0v) is 16.1. The first-order valence-corrected chi connectivity index (χ1v) is 9.14. The molecule has 0 saturated carbocycles. The zero-order chi connectivity index (χ0) is 19.9. The molecular weight excluding hydrogens is 400 g/mol. The highest BCUT2D eigenvalue weighted by Crippen LogP contribution is 2.22. The lowest BCUT2D eigenvalue weighted by molar-refractivity contribution is -0.111. The quantitative estimate of drug-likeness (QED) is 0.500. The predicted octanol–water partition coefficient (Wildman–Crippen LogP) is 5.79. The summed E-state index contributed by atoms with van der Waals surface area (Å²) < 4.78 is 13.6. The van der Waals surface area contributed by atoms with Gasteiger partial charge in [0.15, 0.2) is 0 Å². The molecule has 3 rings (SSSR count). The Morgan fingerprint density at radius 2 is 1.93 bits per heavy atom. The third-order valence-electron chi connectivity index (χ3n) is 3.83. The van der Waals surface area contributed by atoms with Gasteiger partial charge in [0.25, 0.3) is 0 Å². The SMILES string of the molecule is O=C(/C=C/c1ccc(Cl)cc1Cl)Nc1ccc(NCc2ccccc2F)nc1. The zero-order valence-electron chi connectivity index (χ0n) is 14.6. The van der Waals surface area contributed by atoms with E-state index in [1.807, 2.05) is 0 Å². The van der Waals surface area contributed by atoms with Gasteiger partial charge in [0, 0.05) is 28.2 Å². The molecule has 0 radical (unpaired) electrons. The van der Waals surface area contributed by atoms with E-state index in [2.05, 4.69) is 15.6 Å². The second-order valence-electron chi connectivity index (χ2n) is 5.87. The summed E-state index contributed by atoms with van der Waals surface area (Å²) in [6, 6.07) is 15.0. The van der Waals surface area contributed by atoms with E-state index < -0.39 is 0 Å². The van der Waals surface area contributed by atoms with Crippen molar-refractivity contribution in [2.24, 2.45) is 0 Å². The number of rotatable bonds is 6. The number of benzene rings is 2. The number of nitrogens with one attached hydrogen (secondary N) is 2. The van der Waals surface area contributed by atoms with Gasteiger partial charge in [0.1, 0.15) is 11.6 Å². The van der Waals surface area contributed by atoms with Crippen LogP contribution in [0.5, 0.6) is 0 Å². The fourth-order valence-electron chi connectivity index (χ4n) is 2.39. The van der Waals surface area contributed by atoms with E-state index >= 15 is 0 Å². The molecule has 7 heteroatoms. The Bertz CT molecular complexity index is 1010. The van der Waals surface area contributed by atoms with Crippen molar-refractivity contribution in [1.82, 2.24) is 4.98 Å². The maximum Gasteiger partial charge on any atom is 0.248 e. The van der Waals surface area contributed by atoms with E-state index in [9.17, 15) is 9.18 Å². The van der Waals surface area contributed by atoms with Gasteiger partial charge in [0.2, 0.25) is 5.91 Å². The molecular formula is C21H16Cl2FN3O. The third kappa shape index (κ3) is 5.55. The molecule has 0 aliphatic rings. The van der Waals surface area contributed by atoms with Crippen LogP contribution in [0.1, 0.15) is 11.1 Å². The molecule has 4 nitrogen and oxygen atoms in total. The van der Waals surface area contributed by atoms with Gasteiger partial charge in [-0.1, -0.05) is 47.5 Å². The molecule has 0 saturated heterocycles. The molecule has 2 aromatic carbocycles. The first kappa shape index (κ1) is 19.9. The van der Waals surface area contributed by atoms with Gasteiger partial charge >= 0.3 is 0 Å². The van der Waals surface area contributed by atoms with Crippen molar-refractivity contribution in [3.8, 4) is 0 Å². The van der Waals surface area contributed by atoms with Crippen molar-refractivity contribution in [2.75, 3.05) is 10.6 Å². The van der Waals surface area contributed by atoms with Crippen molar-refractivity contribution in [3.05, 3.63) is 93.9 Å². The van der Waals surface area contributed by atoms with Gasteiger partial charge in [0.05, 0.1) is 11.9 Å². The largest absolute Gasteiger partial charge is 0.366 e. The number of pyridine rings is 1. The number of halogens is 3. The molecule has 28 heavy (non-hydrogen) atoms. The van der Waals surface area contributed by atoms with Crippen LogP contribution in [0, 0.1) is 5.82 Å². The van der Waals surface area contributed by atoms with Gasteiger partial charge in [-0.2, -0.15) is 0 Å². The number of amides is 1. The molecule has 3 aromatic rings. The lowest BCUT2D eigenvalue weighted by Gasteiger charge is -2.08. The first-order valence-electron chi connectivity index (χ1n) is 8.39. The van der Waals surface area contributed by atoms with Crippen LogP contribution < -0.4 is 10.6 Å². The van der Waals surface area contributed by atoms with Gasteiger partial charge < -0.3 is 10.6 Å². The van der Waals surface area contributed by atoms with Crippen molar-refractivity contribution in [2.45, 2.75) is 6.54 Å². The fourth-order valence-corrected chi connectivity index (χ4v) is 2.86. The Labute approximate surface area is 172 Å². The molecule has 1 aromatic heterocycles. The second-order valence-corrected chi connectivity index (χ2v) is 6.71. The number of carbonyl (C=O) groups is 1. The molecule has 0 aliphatic heterocycles. The summed E-state index contributed by atoms with van der Waals surface area (Å²) in [6.45, 7) is 0.315. The Morgan fingerprint density at radius 3 is 2.64 bits per heavy atom. The van der Waals surface area contributed by atoms with Crippen molar-refractivity contribution in [3.63, 3.8) is 0 Å². The van der Waals surface area contributed by atoms with Crippen LogP contribution in [-0.4, -0.2) is 10.9 Å². The number of hydrogen-bond acceptors (Lipinski definition) is 3. The topological polar surface area (TPSA) is 54.0 Å². The van der Waals surface area contributed by atoms with E-state index in [1.54, 1.807) is 54.6 Å². The van der Waals surface area contributed by atoms with Crippen LogP contribution >= 0.6 is 23.2 Å². The molecule has 0 atom stereocenters. The van der Waals surface area contributed by atoms with E-state index in [4.69, 9.17) is 23.2 Å². The number of nitrogens with zero attached hydrogens (tertiary/aromatic N) is 1. The van der Waals surface area contributed by atoms with Crippen molar-refractivity contribution >= 4 is 46.7 Å². The molecule has 142 valence electrons. The van der Waals surface area contributed by atoms with Crippen LogP contribution in [0.4, 0.5) is 15.9 Å². The third-order valence-corrected chi connectivity index (χ3v) is 4.39. The van der Waals surface area contributed by atoms with Gasteiger partial charge in [-0.15, -0.1) is 0 Å². The van der Waals surface area contributed by atoms with Gasteiger partial charge in [-0.25, -0.2) is 9.37 Å². The van der Waals surface area contributed by atoms with Crippen LogP contribution in [0.15, 0.2) is 66.9 Å². The molecule has 0 bridgehead atoms. The summed E-state index contributed by atoms with van der Waals surface area (Å²) in [7, 11) is 0. The van der Waals surface area contributed by atoms with Crippen molar-refractivity contribution < 1.29 is 9.18 Å². The lowest BCUT2D eigenvalue weighted by Crippen LogP contribution is -2.08. The number of anilines is 2. The predicted molar refractivity (Wildman–Crippen MR) is 112 cm³/mol. The summed E-state index contributed by atoms with van der Waals surface area (Å²) in [6.07, 6.45) is 4.50. The summed E-state index contributed by atoms with van der Waals surface area (Å²) >= 11 is 11.9. The fraction of sp³-hybridized carbons (Fsp3) is 0.0476. The number of aromatic nitrogens is 1. The Balaban J connectivity index is 1.55.